The molecule has 4 nitrogen and oxygen atoms in total. The number of benzene rings is 3. The second kappa shape index (κ2) is 10.4. The van der Waals surface area contributed by atoms with Gasteiger partial charge in [0.15, 0.2) is 17.3 Å². The number of carbonyl (C=O) groups excluding carboxylic acids is 1. The first-order valence-corrected chi connectivity index (χ1v) is 9.75. The fourth-order valence-electron chi connectivity index (χ4n) is 3.32. The molecule has 3 aromatic rings. The number of hydrogen-bond acceptors (Lipinski definition) is 4. The van der Waals surface area contributed by atoms with Gasteiger partial charge in [0, 0.05) is 31.6 Å². The molecule has 0 spiro atoms. The summed E-state index contributed by atoms with van der Waals surface area (Å²) < 4.78 is 10.8. The molecule has 0 aliphatic carbocycles. The largest absolute Gasteiger partial charge is 0.493 e. The molecule has 0 fully saturated rings. The number of hydrogen-bond donors (Lipinski definition) is 0. The molecule has 0 saturated heterocycles. The molecular formula is C25H27NO3. The maximum atomic E-state index is 12.6. The van der Waals surface area contributed by atoms with Gasteiger partial charge in [-0.1, -0.05) is 66.7 Å². The number of ketones is 1. The molecule has 0 N–H and O–H groups in total. The van der Waals surface area contributed by atoms with E-state index in [0.717, 1.165) is 24.2 Å². The number of rotatable bonds is 10. The van der Waals surface area contributed by atoms with Crippen molar-refractivity contribution in [2.75, 3.05) is 20.8 Å². The first-order chi connectivity index (χ1) is 14.2. The molecule has 29 heavy (non-hydrogen) atoms. The van der Waals surface area contributed by atoms with Crippen molar-refractivity contribution in [1.29, 1.82) is 0 Å². The molecular weight excluding hydrogens is 362 g/mol. The SMILES string of the molecule is COc1ccc(CN(CCC(=O)c2ccccc2)Cc2ccccc2)cc1OC. The Bertz CT molecular complexity index is 910. The van der Waals surface area contributed by atoms with Crippen LogP contribution in [0.15, 0.2) is 78.9 Å². The van der Waals surface area contributed by atoms with Crippen molar-refractivity contribution in [3.8, 4) is 11.5 Å². The molecule has 3 aromatic carbocycles. The highest BCUT2D eigenvalue weighted by Crippen LogP contribution is 2.28. The van der Waals surface area contributed by atoms with Gasteiger partial charge in [0.05, 0.1) is 14.2 Å². The van der Waals surface area contributed by atoms with Gasteiger partial charge >= 0.3 is 0 Å². The van der Waals surface area contributed by atoms with Crippen molar-refractivity contribution in [2.24, 2.45) is 0 Å². The summed E-state index contributed by atoms with van der Waals surface area (Å²) in [7, 11) is 3.27. The lowest BCUT2D eigenvalue weighted by Gasteiger charge is -2.23. The molecule has 0 heterocycles. The maximum Gasteiger partial charge on any atom is 0.164 e. The van der Waals surface area contributed by atoms with E-state index in [-0.39, 0.29) is 5.78 Å². The van der Waals surface area contributed by atoms with Gasteiger partial charge in [-0.3, -0.25) is 9.69 Å². The minimum atomic E-state index is 0.163. The monoisotopic (exact) mass is 389 g/mol. The summed E-state index contributed by atoms with van der Waals surface area (Å²) >= 11 is 0. The first-order valence-electron chi connectivity index (χ1n) is 9.75. The van der Waals surface area contributed by atoms with Gasteiger partial charge in [0.1, 0.15) is 0 Å². The Kier molecular flexibility index (Phi) is 7.42. The maximum absolute atomic E-state index is 12.6. The van der Waals surface area contributed by atoms with Crippen molar-refractivity contribution >= 4 is 5.78 Å². The van der Waals surface area contributed by atoms with E-state index < -0.39 is 0 Å². The van der Waals surface area contributed by atoms with Crippen LogP contribution in [0.5, 0.6) is 11.5 Å². The van der Waals surface area contributed by atoms with Gasteiger partial charge in [0.2, 0.25) is 0 Å². The van der Waals surface area contributed by atoms with Gasteiger partial charge in [-0.2, -0.15) is 0 Å². The summed E-state index contributed by atoms with van der Waals surface area (Å²) in [5, 5.41) is 0. The van der Waals surface area contributed by atoms with Crippen molar-refractivity contribution in [2.45, 2.75) is 19.5 Å². The highest BCUT2D eigenvalue weighted by Gasteiger charge is 2.13. The smallest absolute Gasteiger partial charge is 0.164 e. The summed E-state index contributed by atoms with van der Waals surface area (Å²) in [6.07, 6.45) is 0.476. The van der Waals surface area contributed by atoms with Crippen LogP contribution in [0.2, 0.25) is 0 Å². The Morgan fingerprint density at radius 3 is 2.03 bits per heavy atom. The van der Waals surface area contributed by atoms with Crippen LogP contribution >= 0.6 is 0 Å². The van der Waals surface area contributed by atoms with Crippen LogP contribution in [0.4, 0.5) is 0 Å². The zero-order chi connectivity index (χ0) is 20.5. The van der Waals surface area contributed by atoms with E-state index in [1.165, 1.54) is 5.56 Å². The minimum Gasteiger partial charge on any atom is -0.493 e. The van der Waals surface area contributed by atoms with E-state index >= 15 is 0 Å². The third-order valence-electron chi connectivity index (χ3n) is 4.85. The van der Waals surface area contributed by atoms with Crippen molar-refractivity contribution in [1.82, 2.24) is 4.90 Å². The quantitative estimate of drug-likeness (QED) is 0.459. The third kappa shape index (κ3) is 5.93. The van der Waals surface area contributed by atoms with E-state index in [4.69, 9.17) is 9.47 Å². The molecule has 150 valence electrons. The standard InChI is InChI=1S/C25H27NO3/c1-28-24-14-13-21(17-25(24)29-2)19-26(18-20-9-5-3-6-10-20)16-15-23(27)22-11-7-4-8-12-22/h3-14,17H,15-16,18-19H2,1-2H3. The van der Waals surface area contributed by atoms with Crippen molar-refractivity contribution in [3.63, 3.8) is 0 Å². The summed E-state index contributed by atoms with van der Waals surface area (Å²) in [6.45, 7) is 2.17. The predicted molar refractivity (Wildman–Crippen MR) is 115 cm³/mol. The van der Waals surface area contributed by atoms with E-state index in [2.05, 4.69) is 17.0 Å². The van der Waals surface area contributed by atoms with Crippen molar-refractivity contribution < 1.29 is 14.3 Å². The molecule has 0 amide bonds. The lowest BCUT2D eigenvalue weighted by Crippen LogP contribution is -2.25. The second-order valence-corrected chi connectivity index (χ2v) is 6.92. The molecule has 0 bridgehead atoms. The van der Waals surface area contributed by atoms with Crippen LogP contribution < -0.4 is 9.47 Å². The van der Waals surface area contributed by atoms with Crippen LogP contribution in [0, 0.1) is 0 Å². The fourth-order valence-corrected chi connectivity index (χ4v) is 3.32. The second-order valence-electron chi connectivity index (χ2n) is 6.92. The molecule has 0 saturated carbocycles. The lowest BCUT2D eigenvalue weighted by atomic mass is 10.1. The van der Waals surface area contributed by atoms with Gasteiger partial charge in [-0.05, 0) is 23.3 Å². The average Bonchev–Trinajstić information content (AvgIpc) is 2.78. The zero-order valence-corrected chi connectivity index (χ0v) is 17.0. The minimum absolute atomic E-state index is 0.163. The van der Waals surface area contributed by atoms with Gasteiger partial charge in [0.25, 0.3) is 0 Å². The molecule has 0 aliphatic heterocycles. The molecule has 3 rings (SSSR count). The number of Topliss-reactive ketones (excluding diaryl/α,β-unsaturated/α-hetero) is 1. The van der Waals surface area contributed by atoms with E-state index in [0.29, 0.717) is 24.5 Å². The Labute approximate surface area is 172 Å². The predicted octanol–water partition coefficient (Wildman–Crippen LogP) is 4.98. The zero-order valence-electron chi connectivity index (χ0n) is 17.0. The number of ether oxygens (including phenoxy) is 2. The summed E-state index contributed by atoms with van der Waals surface area (Å²) in [6, 6.07) is 25.8. The molecule has 4 heteroatoms. The molecule has 0 aliphatic rings. The van der Waals surface area contributed by atoms with Crippen molar-refractivity contribution in [3.05, 3.63) is 95.6 Å². The van der Waals surface area contributed by atoms with E-state index in [1.807, 2.05) is 66.7 Å². The summed E-state index contributed by atoms with van der Waals surface area (Å²) in [4.78, 5) is 14.9. The van der Waals surface area contributed by atoms with Gasteiger partial charge < -0.3 is 9.47 Å². The number of carbonyl (C=O) groups is 1. The van der Waals surface area contributed by atoms with E-state index in [9.17, 15) is 4.79 Å². The van der Waals surface area contributed by atoms with Crippen LogP contribution in [-0.4, -0.2) is 31.4 Å². The first kappa shape index (κ1) is 20.6. The topological polar surface area (TPSA) is 38.8 Å². The van der Waals surface area contributed by atoms with Crippen LogP contribution in [-0.2, 0) is 13.1 Å². The van der Waals surface area contributed by atoms with Crippen LogP contribution in [0.25, 0.3) is 0 Å². The molecule has 0 atom stereocenters. The molecule has 0 radical (unpaired) electrons. The summed E-state index contributed by atoms with van der Waals surface area (Å²) in [5.74, 6) is 1.59. The van der Waals surface area contributed by atoms with Gasteiger partial charge in [-0.25, -0.2) is 0 Å². The Balaban J connectivity index is 1.73. The van der Waals surface area contributed by atoms with E-state index in [1.54, 1.807) is 14.2 Å². The van der Waals surface area contributed by atoms with Gasteiger partial charge in [-0.15, -0.1) is 0 Å². The van der Waals surface area contributed by atoms with Crippen LogP contribution in [0.3, 0.4) is 0 Å². The highest BCUT2D eigenvalue weighted by molar-refractivity contribution is 5.96. The number of methoxy groups -OCH3 is 2. The Morgan fingerprint density at radius 2 is 1.38 bits per heavy atom. The third-order valence-corrected chi connectivity index (χ3v) is 4.85. The number of nitrogens with zero attached hydrogens (tertiary/aromatic N) is 1. The van der Waals surface area contributed by atoms with Crippen LogP contribution in [0.1, 0.15) is 27.9 Å². The molecule has 0 unspecified atom stereocenters. The summed E-state index contributed by atoms with van der Waals surface area (Å²) in [5.41, 5.74) is 3.10. The Morgan fingerprint density at radius 1 is 0.759 bits per heavy atom. The molecule has 0 aromatic heterocycles. The highest BCUT2D eigenvalue weighted by atomic mass is 16.5. The normalized spacial score (nSPS) is 10.7. The lowest BCUT2D eigenvalue weighted by molar-refractivity contribution is 0.0960. The Hall–Kier alpha value is -3.11. The fraction of sp³-hybridized carbons (Fsp3) is 0.240. The average molecular weight is 389 g/mol.